The predicted octanol–water partition coefficient (Wildman–Crippen LogP) is 1.78. The molecule has 1 amide bonds. The average Bonchev–Trinajstić information content (AvgIpc) is 2.38. The van der Waals surface area contributed by atoms with Gasteiger partial charge in [0.1, 0.15) is 5.82 Å². The molecule has 20 heavy (non-hydrogen) atoms. The van der Waals surface area contributed by atoms with E-state index < -0.39 is 0 Å². The Morgan fingerprint density at radius 2 is 2.30 bits per heavy atom. The standard InChI is InChI=1S/C15H21FN2O2/c1-10-3-4-12(16)7-13(10)17-15(20)9-18-6-5-14(19)11(2)8-18/h3-4,7,11,14,19H,5-6,8-9H2,1-2H3,(H,17,20). The number of likely N-dealkylation sites (tertiary alicyclic amines) is 1. The van der Waals surface area contributed by atoms with Crippen LogP contribution in [0.4, 0.5) is 10.1 Å². The number of aliphatic hydroxyl groups is 1. The molecule has 1 aromatic carbocycles. The van der Waals surface area contributed by atoms with E-state index in [1.807, 2.05) is 18.7 Å². The highest BCUT2D eigenvalue weighted by molar-refractivity contribution is 5.92. The molecule has 0 aliphatic carbocycles. The lowest BCUT2D eigenvalue weighted by Crippen LogP contribution is -2.45. The predicted molar refractivity (Wildman–Crippen MR) is 76.0 cm³/mol. The van der Waals surface area contributed by atoms with Crippen molar-refractivity contribution in [3.63, 3.8) is 0 Å². The molecule has 2 unspecified atom stereocenters. The molecule has 2 atom stereocenters. The van der Waals surface area contributed by atoms with Crippen molar-refractivity contribution < 1.29 is 14.3 Å². The minimum atomic E-state index is -0.361. The number of benzene rings is 1. The van der Waals surface area contributed by atoms with Crippen LogP contribution >= 0.6 is 0 Å². The van der Waals surface area contributed by atoms with E-state index in [0.29, 0.717) is 25.2 Å². The van der Waals surface area contributed by atoms with Crippen molar-refractivity contribution in [2.24, 2.45) is 5.92 Å². The largest absolute Gasteiger partial charge is 0.393 e. The zero-order valence-electron chi connectivity index (χ0n) is 11.9. The van der Waals surface area contributed by atoms with E-state index in [1.54, 1.807) is 6.07 Å². The number of aliphatic hydroxyl groups excluding tert-OH is 1. The van der Waals surface area contributed by atoms with Crippen molar-refractivity contribution in [1.82, 2.24) is 4.90 Å². The van der Waals surface area contributed by atoms with E-state index in [9.17, 15) is 14.3 Å². The molecule has 1 heterocycles. The second kappa shape index (κ2) is 6.33. The van der Waals surface area contributed by atoms with Crippen molar-refractivity contribution in [1.29, 1.82) is 0 Å². The van der Waals surface area contributed by atoms with E-state index in [4.69, 9.17) is 0 Å². The van der Waals surface area contributed by atoms with Gasteiger partial charge in [-0.3, -0.25) is 9.69 Å². The fourth-order valence-corrected chi connectivity index (χ4v) is 2.48. The van der Waals surface area contributed by atoms with Crippen molar-refractivity contribution >= 4 is 11.6 Å². The lowest BCUT2D eigenvalue weighted by atomic mass is 9.97. The van der Waals surface area contributed by atoms with E-state index in [-0.39, 0.29) is 30.3 Å². The van der Waals surface area contributed by atoms with Crippen molar-refractivity contribution in [2.75, 3.05) is 25.0 Å². The summed E-state index contributed by atoms with van der Waals surface area (Å²) in [5.41, 5.74) is 1.35. The average molecular weight is 280 g/mol. The Balaban J connectivity index is 1.91. The number of anilines is 1. The van der Waals surface area contributed by atoms with E-state index in [0.717, 1.165) is 5.56 Å². The number of nitrogens with zero attached hydrogens (tertiary/aromatic N) is 1. The molecule has 0 spiro atoms. The highest BCUT2D eigenvalue weighted by Gasteiger charge is 2.25. The highest BCUT2D eigenvalue weighted by Crippen LogP contribution is 2.18. The summed E-state index contributed by atoms with van der Waals surface area (Å²) in [6.07, 6.45) is 0.410. The van der Waals surface area contributed by atoms with E-state index >= 15 is 0 Å². The molecule has 0 saturated carbocycles. The zero-order valence-corrected chi connectivity index (χ0v) is 11.9. The molecule has 110 valence electrons. The fraction of sp³-hybridized carbons (Fsp3) is 0.533. The molecular weight excluding hydrogens is 259 g/mol. The maximum atomic E-state index is 13.2. The number of hydrogen-bond donors (Lipinski definition) is 2. The number of hydrogen-bond acceptors (Lipinski definition) is 3. The number of carbonyl (C=O) groups is 1. The van der Waals surface area contributed by atoms with Gasteiger partial charge in [-0.15, -0.1) is 0 Å². The maximum Gasteiger partial charge on any atom is 0.238 e. The maximum absolute atomic E-state index is 13.2. The van der Waals surface area contributed by atoms with Crippen molar-refractivity contribution in [3.8, 4) is 0 Å². The quantitative estimate of drug-likeness (QED) is 0.887. The lowest BCUT2D eigenvalue weighted by Gasteiger charge is -2.33. The Bertz CT molecular complexity index is 493. The van der Waals surface area contributed by atoms with Crippen LogP contribution in [0.3, 0.4) is 0 Å². The molecule has 0 bridgehead atoms. The second-order valence-corrected chi connectivity index (χ2v) is 5.58. The second-order valence-electron chi connectivity index (χ2n) is 5.58. The van der Waals surface area contributed by atoms with Crippen LogP contribution < -0.4 is 5.32 Å². The van der Waals surface area contributed by atoms with Crippen LogP contribution in [0, 0.1) is 18.7 Å². The third kappa shape index (κ3) is 3.77. The van der Waals surface area contributed by atoms with Gasteiger partial charge in [0.05, 0.1) is 12.6 Å². The summed E-state index contributed by atoms with van der Waals surface area (Å²) in [6.45, 7) is 5.49. The summed E-state index contributed by atoms with van der Waals surface area (Å²) in [5, 5.41) is 12.4. The van der Waals surface area contributed by atoms with Crippen LogP contribution in [-0.2, 0) is 4.79 Å². The Morgan fingerprint density at radius 1 is 1.55 bits per heavy atom. The van der Waals surface area contributed by atoms with Gasteiger partial charge in [0.25, 0.3) is 0 Å². The fourth-order valence-electron chi connectivity index (χ4n) is 2.48. The van der Waals surface area contributed by atoms with Gasteiger partial charge in [-0.25, -0.2) is 4.39 Å². The Labute approximate surface area is 118 Å². The Kier molecular flexibility index (Phi) is 4.73. The van der Waals surface area contributed by atoms with Gasteiger partial charge in [-0.1, -0.05) is 13.0 Å². The highest BCUT2D eigenvalue weighted by atomic mass is 19.1. The number of carbonyl (C=O) groups excluding carboxylic acids is 1. The minimum Gasteiger partial charge on any atom is -0.393 e. The summed E-state index contributed by atoms with van der Waals surface area (Å²) in [5.74, 6) is -0.338. The monoisotopic (exact) mass is 280 g/mol. The van der Waals surface area contributed by atoms with Gasteiger partial charge in [0.2, 0.25) is 5.91 Å². The van der Waals surface area contributed by atoms with Gasteiger partial charge < -0.3 is 10.4 Å². The first-order chi connectivity index (χ1) is 9.45. The summed E-state index contributed by atoms with van der Waals surface area (Å²) in [4.78, 5) is 14.0. The molecule has 2 rings (SSSR count). The van der Waals surface area contributed by atoms with Crippen LogP contribution in [0.5, 0.6) is 0 Å². The molecule has 1 saturated heterocycles. The topological polar surface area (TPSA) is 52.6 Å². The number of amides is 1. The van der Waals surface area contributed by atoms with Crippen LogP contribution in [0.15, 0.2) is 18.2 Å². The third-order valence-electron chi connectivity index (χ3n) is 3.79. The molecule has 1 aromatic rings. The first-order valence-electron chi connectivity index (χ1n) is 6.92. The number of halogens is 1. The normalized spacial score (nSPS) is 23.6. The van der Waals surface area contributed by atoms with Crippen LogP contribution in [-0.4, -0.2) is 41.7 Å². The molecule has 2 N–H and O–H groups in total. The summed E-state index contributed by atoms with van der Waals surface area (Å²) >= 11 is 0. The molecule has 1 aliphatic rings. The van der Waals surface area contributed by atoms with Gasteiger partial charge in [-0.05, 0) is 37.0 Å². The SMILES string of the molecule is Cc1ccc(F)cc1NC(=O)CN1CCC(O)C(C)C1. The number of aryl methyl sites for hydroxylation is 1. The Hall–Kier alpha value is -1.46. The van der Waals surface area contributed by atoms with Crippen LogP contribution in [0.25, 0.3) is 0 Å². The number of nitrogens with one attached hydrogen (secondary N) is 1. The molecule has 1 fully saturated rings. The molecular formula is C15H21FN2O2. The first-order valence-corrected chi connectivity index (χ1v) is 6.92. The molecule has 1 aliphatic heterocycles. The molecule has 0 radical (unpaired) electrons. The molecule has 5 heteroatoms. The third-order valence-corrected chi connectivity index (χ3v) is 3.79. The molecule has 4 nitrogen and oxygen atoms in total. The van der Waals surface area contributed by atoms with Gasteiger partial charge in [0.15, 0.2) is 0 Å². The van der Waals surface area contributed by atoms with E-state index in [2.05, 4.69) is 5.32 Å². The molecule has 0 aromatic heterocycles. The van der Waals surface area contributed by atoms with Gasteiger partial charge in [-0.2, -0.15) is 0 Å². The van der Waals surface area contributed by atoms with Gasteiger partial charge in [0, 0.05) is 18.8 Å². The van der Waals surface area contributed by atoms with Crippen LogP contribution in [0.1, 0.15) is 18.9 Å². The summed E-state index contributed by atoms with van der Waals surface area (Å²) in [7, 11) is 0. The summed E-state index contributed by atoms with van der Waals surface area (Å²) in [6, 6.07) is 4.35. The van der Waals surface area contributed by atoms with Crippen LogP contribution in [0.2, 0.25) is 0 Å². The minimum absolute atomic E-state index is 0.151. The Morgan fingerprint density at radius 3 is 3.00 bits per heavy atom. The number of rotatable bonds is 3. The number of piperidine rings is 1. The van der Waals surface area contributed by atoms with Crippen molar-refractivity contribution in [3.05, 3.63) is 29.6 Å². The lowest BCUT2D eigenvalue weighted by molar-refractivity contribution is -0.118. The van der Waals surface area contributed by atoms with E-state index in [1.165, 1.54) is 12.1 Å². The smallest absolute Gasteiger partial charge is 0.238 e. The van der Waals surface area contributed by atoms with Gasteiger partial charge >= 0.3 is 0 Å². The zero-order chi connectivity index (χ0) is 14.7. The summed E-state index contributed by atoms with van der Waals surface area (Å²) < 4.78 is 13.2. The first kappa shape index (κ1) is 14.9. The van der Waals surface area contributed by atoms with Crippen molar-refractivity contribution in [2.45, 2.75) is 26.4 Å².